The Morgan fingerprint density at radius 1 is 1.11 bits per heavy atom. The van der Waals surface area contributed by atoms with Gasteiger partial charge in [-0.2, -0.15) is 0 Å². The number of rotatable bonds is 7. The largest absolute Gasteiger partial charge is 0.444 e. The SMILES string of the molecule is CCCC(Cc1ccc2c(c1)n(C)c(=O)n2C1CCC(=O)NC1=O)OC1CCN(C(=O)OC(C)(C)C)CC1. The van der Waals surface area contributed by atoms with Crippen LogP contribution in [-0.4, -0.2) is 62.8 Å². The molecule has 2 fully saturated rings. The highest BCUT2D eigenvalue weighted by molar-refractivity contribution is 6.00. The minimum atomic E-state index is -0.697. The number of hydrogen-bond donors (Lipinski definition) is 1. The van der Waals surface area contributed by atoms with Crippen molar-refractivity contribution in [2.24, 2.45) is 7.05 Å². The van der Waals surface area contributed by atoms with Gasteiger partial charge in [0.25, 0.3) is 0 Å². The van der Waals surface area contributed by atoms with Crippen LogP contribution in [0.15, 0.2) is 23.0 Å². The average molecular weight is 529 g/mol. The number of aromatic nitrogens is 2. The molecule has 2 unspecified atom stereocenters. The Bertz CT molecular complexity index is 1250. The van der Waals surface area contributed by atoms with Gasteiger partial charge in [-0.3, -0.25) is 24.0 Å². The van der Waals surface area contributed by atoms with E-state index < -0.39 is 17.6 Å². The van der Waals surface area contributed by atoms with Crippen molar-refractivity contribution in [1.29, 1.82) is 0 Å². The number of likely N-dealkylation sites (tertiary alicyclic amines) is 1. The van der Waals surface area contributed by atoms with E-state index in [-0.39, 0.29) is 36.3 Å². The minimum absolute atomic E-state index is 0.0183. The first-order valence-electron chi connectivity index (χ1n) is 13.6. The van der Waals surface area contributed by atoms with Gasteiger partial charge in [-0.25, -0.2) is 9.59 Å². The van der Waals surface area contributed by atoms with Crippen LogP contribution in [0.5, 0.6) is 0 Å². The molecule has 2 saturated heterocycles. The molecule has 2 aliphatic rings. The van der Waals surface area contributed by atoms with Crippen molar-refractivity contribution in [1.82, 2.24) is 19.4 Å². The zero-order valence-electron chi connectivity index (χ0n) is 23.1. The third-order valence-corrected chi connectivity index (χ3v) is 7.23. The van der Waals surface area contributed by atoms with Gasteiger partial charge in [0.05, 0.1) is 23.2 Å². The fourth-order valence-corrected chi connectivity index (χ4v) is 5.34. The van der Waals surface area contributed by atoms with E-state index in [1.807, 2.05) is 39.0 Å². The fraction of sp³-hybridized carbons (Fsp3) is 0.643. The van der Waals surface area contributed by atoms with Gasteiger partial charge in [0.15, 0.2) is 0 Å². The molecule has 3 amide bonds. The molecule has 2 atom stereocenters. The summed E-state index contributed by atoms with van der Waals surface area (Å²) in [5.41, 5.74) is 1.70. The van der Waals surface area contributed by atoms with Crippen molar-refractivity contribution < 1.29 is 23.9 Å². The third kappa shape index (κ3) is 6.28. The van der Waals surface area contributed by atoms with Gasteiger partial charge in [-0.15, -0.1) is 0 Å². The van der Waals surface area contributed by atoms with Gasteiger partial charge >= 0.3 is 11.8 Å². The number of imide groups is 1. The number of nitrogens with zero attached hydrogens (tertiary/aromatic N) is 3. The Kier molecular flexibility index (Phi) is 8.30. The molecule has 0 radical (unpaired) electrons. The molecule has 4 rings (SSSR count). The molecule has 1 aromatic carbocycles. The first kappa shape index (κ1) is 27.9. The number of amides is 3. The molecule has 0 bridgehead atoms. The standard InChI is InChI=1S/C28H40N4O6/c1-6-7-20(37-19-12-14-31(15-13-19)27(36)38-28(2,3)4)16-18-8-9-21-23(17-18)30(5)26(35)32(21)22-10-11-24(33)29-25(22)34/h8-9,17,19-20,22H,6-7,10-16H2,1-5H3,(H,29,33,34). The molecule has 2 aromatic rings. The molecule has 0 aliphatic carbocycles. The number of ether oxygens (including phenoxy) is 2. The second kappa shape index (κ2) is 11.3. The van der Waals surface area contributed by atoms with Crippen LogP contribution >= 0.6 is 0 Å². The summed E-state index contributed by atoms with van der Waals surface area (Å²) in [6, 6.07) is 5.17. The van der Waals surface area contributed by atoms with E-state index in [2.05, 4.69) is 12.2 Å². The van der Waals surface area contributed by atoms with E-state index in [9.17, 15) is 19.2 Å². The van der Waals surface area contributed by atoms with Crippen LogP contribution in [0.1, 0.15) is 77.8 Å². The van der Waals surface area contributed by atoms with E-state index >= 15 is 0 Å². The maximum absolute atomic E-state index is 13.1. The van der Waals surface area contributed by atoms with Gasteiger partial charge in [0.1, 0.15) is 11.6 Å². The van der Waals surface area contributed by atoms with E-state index in [1.54, 1.807) is 16.5 Å². The van der Waals surface area contributed by atoms with Crippen LogP contribution in [0.2, 0.25) is 0 Å². The molecule has 0 spiro atoms. The van der Waals surface area contributed by atoms with Crippen LogP contribution in [0.3, 0.4) is 0 Å². The lowest BCUT2D eigenvalue weighted by atomic mass is 10.0. The van der Waals surface area contributed by atoms with Crippen molar-refractivity contribution in [3.63, 3.8) is 0 Å². The Hall–Kier alpha value is -3.14. The predicted octanol–water partition coefficient (Wildman–Crippen LogP) is 3.45. The summed E-state index contributed by atoms with van der Waals surface area (Å²) in [6.07, 6.45) is 4.46. The Balaban J connectivity index is 1.44. The average Bonchev–Trinajstić information content (AvgIpc) is 3.08. The minimum Gasteiger partial charge on any atom is -0.444 e. The summed E-state index contributed by atoms with van der Waals surface area (Å²) in [5, 5.41) is 2.35. The van der Waals surface area contributed by atoms with Gasteiger partial charge in [-0.1, -0.05) is 19.4 Å². The summed E-state index contributed by atoms with van der Waals surface area (Å²) in [4.78, 5) is 51.2. The summed E-state index contributed by atoms with van der Waals surface area (Å²) in [6.45, 7) is 8.97. The maximum Gasteiger partial charge on any atom is 0.410 e. The molecule has 1 aromatic heterocycles. The second-order valence-electron chi connectivity index (χ2n) is 11.4. The fourth-order valence-electron chi connectivity index (χ4n) is 5.34. The number of imidazole rings is 1. The predicted molar refractivity (Wildman–Crippen MR) is 143 cm³/mol. The van der Waals surface area contributed by atoms with Crippen molar-refractivity contribution in [3.05, 3.63) is 34.2 Å². The van der Waals surface area contributed by atoms with Crippen molar-refractivity contribution >= 4 is 28.9 Å². The summed E-state index contributed by atoms with van der Waals surface area (Å²) >= 11 is 0. The van der Waals surface area contributed by atoms with Gasteiger partial charge in [-0.05, 0) is 70.6 Å². The van der Waals surface area contributed by atoms with Crippen LogP contribution < -0.4 is 11.0 Å². The number of carbonyl (C=O) groups is 3. The molecule has 3 heterocycles. The van der Waals surface area contributed by atoms with Crippen LogP contribution in [-0.2, 0) is 32.5 Å². The maximum atomic E-state index is 13.1. The second-order valence-corrected chi connectivity index (χ2v) is 11.4. The van der Waals surface area contributed by atoms with Crippen LogP contribution in [0.25, 0.3) is 11.0 Å². The lowest BCUT2D eigenvalue weighted by Gasteiger charge is -2.35. The lowest BCUT2D eigenvalue weighted by molar-refractivity contribution is -0.135. The number of hydrogen-bond acceptors (Lipinski definition) is 6. The Labute approximate surface area is 223 Å². The van der Waals surface area contributed by atoms with Crippen molar-refractivity contribution in [2.75, 3.05) is 13.1 Å². The molecular formula is C28H40N4O6. The number of carbonyl (C=O) groups excluding carboxylic acids is 3. The zero-order valence-corrected chi connectivity index (χ0v) is 23.1. The highest BCUT2D eigenvalue weighted by atomic mass is 16.6. The quantitative estimate of drug-likeness (QED) is 0.551. The van der Waals surface area contributed by atoms with E-state index in [4.69, 9.17) is 9.47 Å². The molecule has 0 saturated carbocycles. The first-order valence-corrected chi connectivity index (χ1v) is 13.6. The Morgan fingerprint density at radius 2 is 1.82 bits per heavy atom. The summed E-state index contributed by atoms with van der Waals surface area (Å²) in [7, 11) is 1.70. The lowest BCUT2D eigenvalue weighted by Crippen LogP contribution is -2.44. The molecule has 10 heteroatoms. The number of piperidine rings is 2. The molecule has 2 aliphatic heterocycles. The zero-order chi connectivity index (χ0) is 27.6. The van der Waals surface area contributed by atoms with Gasteiger partial charge < -0.3 is 14.4 Å². The summed E-state index contributed by atoms with van der Waals surface area (Å²) < 4.78 is 15.1. The van der Waals surface area contributed by atoms with E-state index in [0.29, 0.717) is 31.4 Å². The monoisotopic (exact) mass is 528 g/mol. The van der Waals surface area contributed by atoms with Gasteiger partial charge in [0.2, 0.25) is 11.8 Å². The number of benzene rings is 1. The number of fused-ring (bicyclic) bond motifs is 1. The van der Waals surface area contributed by atoms with Crippen molar-refractivity contribution in [3.8, 4) is 0 Å². The van der Waals surface area contributed by atoms with Crippen LogP contribution in [0, 0.1) is 0 Å². The topological polar surface area (TPSA) is 112 Å². The van der Waals surface area contributed by atoms with Crippen molar-refractivity contribution in [2.45, 2.75) is 96.5 Å². The Morgan fingerprint density at radius 3 is 2.45 bits per heavy atom. The molecule has 10 nitrogen and oxygen atoms in total. The third-order valence-electron chi connectivity index (χ3n) is 7.23. The normalized spacial score (nSPS) is 20.0. The van der Waals surface area contributed by atoms with Gasteiger partial charge in [0, 0.05) is 26.6 Å². The molecule has 1 N–H and O–H groups in total. The first-order chi connectivity index (χ1) is 18.0. The number of aryl methyl sites for hydroxylation is 1. The van der Waals surface area contributed by atoms with E-state index in [0.717, 1.165) is 36.8 Å². The summed E-state index contributed by atoms with van der Waals surface area (Å²) in [5.74, 6) is -0.742. The van der Waals surface area contributed by atoms with E-state index in [1.165, 1.54) is 4.57 Å². The molecule has 208 valence electrons. The van der Waals surface area contributed by atoms with Crippen LogP contribution in [0.4, 0.5) is 4.79 Å². The highest BCUT2D eigenvalue weighted by Crippen LogP contribution is 2.26. The molecular weight excluding hydrogens is 488 g/mol. The number of nitrogens with one attached hydrogen (secondary N) is 1. The molecule has 38 heavy (non-hydrogen) atoms. The highest BCUT2D eigenvalue weighted by Gasteiger charge is 2.32. The smallest absolute Gasteiger partial charge is 0.410 e.